The van der Waals surface area contributed by atoms with E-state index in [1.165, 1.54) is 7.11 Å². The molecular formula is C9H11BrFNO. The van der Waals surface area contributed by atoms with Gasteiger partial charge in [0.15, 0.2) is 11.6 Å². The van der Waals surface area contributed by atoms with E-state index >= 15 is 0 Å². The molecule has 0 aliphatic heterocycles. The molecule has 13 heavy (non-hydrogen) atoms. The van der Waals surface area contributed by atoms with E-state index in [-0.39, 0.29) is 11.8 Å². The Bertz CT molecular complexity index is 315. The standard InChI is InChI=1S/C9H11BrFNO/c1-5(12)6-3-7(10)9(11)8(4-6)13-2/h3-5H,12H2,1-2H3. The van der Waals surface area contributed by atoms with E-state index in [1.54, 1.807) is 12.1 Å². The van der Waals surface area contributed by atoms with Gasteiger partial charge in [-0.2, -0.15) is 0 Å². The lowest BCUT2D eigenvalue weighted by molar-refractivity contribution is 0.384. The van der Waals surface area contributed by atoms with Crippen LogP contribution in [0.15, 0.2) is 16.6 Å². The second-order valence-corrected chi connectivity index (χ2v) is 3.66. The number of hydrogen-bond acceptors (Lipinski definition) is 2. The first-order chi connectivity index (χ1) is 6.06. The van der Waals surface area contributed by atoms with Crippen molar-refractivity contribution >= 4 is 15.9 Å². The number of halogens is 2. The van der Waals surface area contributed by atoms with Gasteiger partial charge in [-0.05, 0) is 40.5 Å². The SMILES string of the molecule is COc1cc(C(C)N)cc(Br)c1F. The summed E-state index contributed by atoms with van der Waals surface area (Å²) in [6.45, 7) is 1.83. The van der Waals surface area contributed by atoms with Gasteiger partial charge in [-0.3, -0.25) is 0 Å². The fraction of sp³-hybridized carbons (Fsp3) is 0.333. The van der Waals surface area contributed by atoms with Crippen molar-refractivity contribution in [2.75, 3.05) is 7.11 Å². The fourth-order valence-corrected chi connectivity index (χ4v) is 1.45. The molecule has 2 nitrogen and oxygen atoms in total. The largest absolute Gasteiger partial charge is 0.494 e. The van der Waals surface area contributed by atoms with Crippen molar-refractivity contribution in [3.05, 3.63) is 28.0 Å². The average Bonchev–Trinajstić information content (AvgIpc) is 2.09. The van der Waals surface area contributed by atoms with Crippen molar-refractivity contribution in [3.63, 3.8) is 0 Å². The minimum Gasteiger partial charge on any atom is -0.494 e. The van der Waals surface area contributed by atoms with Gasteiger partial charge in [0.25, 0.3) is 0 Å². The minimum absolute atomic E-state index is 0.134. The number of hydrogen-bond donors (Lipinski definition) is 1. The zero-order chi connectivity index (χ0) is 10.0. The molecule has 1 aromatic carbocycles. The van der Waals surface area contributed by atoms with Gasteiger partial charge in [0, 0.05) is 6.04 Å². The van der Waals surface area contributed by atoms with Gasteiger partial charge >= 0.3 is 0 Å². The molecular weight excluding hydrogens is 237 g/mol. The Morgan fingerprint density at radius 3 is 2.62 bits per heavy atom. The molecule has 4 heteroatoms. The van der Waals surface area contributed by atoms with Gasteiger partial charge in [0.2, 0.25) is 0 Å². The molecule has 0 aliphatic rings. The lowest BCUT2D eigenvalue weighted by Crippen LogP contribution is -2.05. The van der Waals surface area contributed by atoms with Gasteiger partial charge in [-0.25, -0.2) is 4.39 Å². The molecule has 0 saturated heterocycles. The van der Waals surface area contributed by atoms with Gasteiger partial charge in [-0.1, -0.05) is 0 Å². The highest BCUT2D eigenvalue weighted by Crippen LogP contribution is 2.28. The van der Waals surface area contributed by atoms with Gasteiger partial charge in [0.1, 0.15) is 0 Å². The Morgan fingerprint density at radius 2 is 2.15 bits per heavy atom. The molecule has 2 N–H and O–H groups in total. The van der Waals surface area contributed by atoms with Crippen LogP contribution in [-0.4, -0.2) is 7.11 Å². The van der Waals surface area contributed by atoms with Crippen LogP contribution in [0.2, 0.25) is 0 Å². The van der Waals surface area contributed by atoms with Crippen LogP contribution in [0.3, 0.4) is 0 Å². The summed E-state index contributed by atoms with van der Waals surface area (Å²) < 4.78 is 18.5. The first kappa shape index (κ1) is 10.5. The predicted molar refractivity (Wildman–Crippen MR) is 53.3 cm³/mol. The van der Waals surface area contributed by atoms with Gasteiger partial charge < -0.3 is 10.5 Å². The molecule has 0 saturated carbocycles. The molecule has 1 atom stereocenters. The highest BCUT2D eigenvalue weighted by Gasteiger charge is 2.10. The summed E-state index contributed by atoms with van der Waals surface area (Å²) in [5.74, 6) is -0.187. The van der Waals surface area contributed by atoms with Crippen molar-refractivity contribution in [3.8, 4) is 5.75 Å². The summed E-state index contributed by atoms with van der Waals surface area (Å²) in [6, 6.07) is 3.12. The van der Waals surface area contributed by atoms with Crippen LogP contribution < -0.4 is 10.5 Å². The molecule has 0 heterocycles. The zero-order valence-electron chi connectivity index (χ0n) is 7.47. The fourth-order valence-electron chi connectivity index (χ4n) is 0.995. The quantitative estimate of drug-likeness (QED) is 0.873. The molecule has 0 spiro atoms. The average molecular weight is 248 g/mol. The van der Waals surface area contributed by atoms with Crippen LogP contribution in [0.25, 0.3) is 0 Å². The Hall–Kier alpha value is -0.610. The van der Waals surface area contributed by atoms with E-state index in [1.807, 2.05) is 6.92 Å². The summed E-state index contributed by atoms with van der Waals surface area (Å²) in [7, 11) is 1.43. The summed E-state index contributed by atoms with van der Waals surface area (Å²) >= 11 is 3.10. The summed E-state index contributed by atoms with van der Waals surface area (Å²) in [4.78, 5) is 0. The van der Waals surface area contributed by atoms with Crippen molar-refractivity contribution in [2.45, 2.75) is 13.0 Å². The van der Waals surface area contributed by atoms with Crippen LogP contribution in [0, 0.1) is 5.82 Å². The van der Waals surface area contributed by atoms with E-state index < -0.39 is 5.82 Å². The maximum atomic E-state index is 13.2. The van der Waals surface area contributed by atoms with E-state index in [2.05, 4.69) is 15.9 Å². The lowest BCUT2D eigenvalue weighted by atomic mass is 10.1. The third-order valence-electron chi connectivity index (χ3n) is 1.76. The number of benzene rings is 1. The van der Waals surface area contributed by atoms with E-state index in [9.17, 15) is 4.39 Å². The van der Waals surface area contributed by atoms with E-state index in [4.69, 9.17) is 10.5 Å². The van der Waals surface area contributed by atoms with E-state index in [0.717, 1.165) is 5.56 Å². The summed E-state index contributed by atoms with van der Waals surface area (Å²) in [6.07, 6.45) is 0. The van der Waals surface area contributed by atoms with E-state index in [0.29, 0.717) is 4.47 Å². The molecule has 0 radical (unpaired) electrons. The second kappa shape index (κ2) is 4.07. The number of ether oxygens (including phenoxy) is 1. The number of methoxy groups -OCH3 is 1. The predicted octanol–water partition coefficient (Wildman–Crippen LogP) is 2.62. The Labute approximate surface area is 85.0 Å². The summed E-state index contributed by atoms with van der Waals surface area (Å²) in [5.41, 5.74) is 6.50. The lowest BCUT2D eigenvalue weighted by Gasteiger charge is -2.10. The van der Waals surface area contributed by atoms with Crippen LogP contribution in [0.1, 0.15) is 18.5 Å². The van der Waals surface area contributed by atoms with Crippen molar-refractivity contribution in [1.29, 1.82) is 0 Å². The van der Waals surface area contributed by atoms with Gasteiger partial charge in [0.05, 0.1) is 11.6 Å². The molecule has 72 valence electrons. The number of nitrogens with two attached hydrogens (primary N) is 1. The van der Waals surface area contributed by atoms with Crippen molar-refractivity contribution in [2.24, 2.45) is 5.73 Å². The minimum atomic E-state index is -0.396. The van der Waals surface area contributed by atoms with Gasteiger partial charge in [-0.15, -0.1) is 0 Å². The van der Waals surface area contributed by atoms with Crippen molar-refractivity contribution < 1.29 is 9.13 Å². The third kappa shape index (κ3) is 2.19. The molecule has 0 aliphatic carbocycles. The maximum absolute atomic E-state index is 13.2. The Balaban J connectivity index is 3.22. The maximum Gasteiger partial charge on any atom is 0.179 e. The topological polar surface area (TPSA) is 35.2 Å². The molecule has 1 unspecified atom stereocenters. The molecule has 0 amide bonds. The first-order valence-electron chi connectivity index (χ1n) is 3.84. The first-order valence-corrected chi connectivity index (χ1v) is 4.64. The van der Waals surface area contributed by atoms with Crippen LogP contribution in [-0.2, 0) is 0 Å². The molecule has 0 aromatic heterocycles. The zero-order valence-corrected chi connectivity index (χ0v) is 9.06. The smallest absolute Gasteiger partial charge is 0.179 e. The second-order valence-electron chi connectivity index (χ2n) is 2.81. The molecule has 0 bridgehead atoms. The van der Waals surface area contributed by atoms with Crippen LogP contribution >= 0.6 is 15.9 Å². The molecule has 1 aromatic rings. The molecule has 1 rings (SSSR count). The summed E-state index contributed by atoms with van der Waals surface area (Å²) in [5, 5.41) is 0. The monoisotopic (exact) mass is 247 g/mol. The van der Waals surface area contributed by atoms with Crippen LogP contribution in [0.5, 0.6) is 5.75 Å². The van der Waals surface area contributed by atoms with Crippen LogP contribution in [0.4, 0.5) is 4.39 Å². The normalized spacial score (nSPS) is 12.7. The molecule has 0 fully saturated rings. The Morgan fingerprint density at radius 1 is 1.54 bits per heavy atom. The third-order valence-corrected chi connectivity index (χ3v) is 2.34. The highest BCUT2D eigenvalue weighted by molar-refractivity contribution is 9.10. The van der Waals surface area contributed by atoms with Crippen molar-refractivity contribution in [1.82, 2.24) is 0 Å². The highest BCUT2D eigenvalue weighted by atomic mass is 79.9. The number of rotatable bonds is 2. The Kier molecular flexibility index (Phi) is 3.27.